The number of likely N-dealkylation sites (N-methyl/N-ethyl adjacent to an activating group) is 1. The lowest BCUT2D eigenvalue weighted by molar-refractivity contribution is -0.139. The molecule has 1 saturated heterocycles. The van der Waals surface area contributed by atoms with Gasteiger partial charge in [0.15, 0.2) is 0 Å². The zero-order chi connectivity index (χ0) is 13.7. The number of hydrogen-bond donors (Lipinski definition) is 2. The maximum atomic E-state index is 11.1. The standard InChI is InChI=1S/C14H27N3O2/c1-2-15-13(14(18)19)5-6-16-7-9-17(10-8-16)11-12-3-4-12/h12-13,15H,2-11H2,1H3,(H,18,19). The van der Waals surface area contributed by atoms with E-state index in [1.165, 1.54) is 19.4 Å². The molecule has 1 aliphatic heterocycles. The molecular weight excluding hydrogens is 242 g/mol. The lowest BCUT2D eigenvalue weighted by Crippen LogP contribution is -2.48. The van der Waals surface area contributed by atoms with E-state index in [1.807, 2.05) is 6.92 Å². The normalized spacial score (nSPS) is 23.4. The van der Waals surface area contributed by atoms with Crippen molar-refractivity contribution >= 4 is 5.97 Å². The van der Waals surface area contributed by atoms with Gasteiger partial charge in [0.2, 0.25) is 0 Å². The van der Waals surface area contributed by atoms with E-state index in [2.05, 4.69) is 15.1 Å². The molecule has 0 aromatic heterocycles. The molecule has 1 heterocycles. The first-order valence-corrected chi connectivity index (χ1v) is 7.60. The predicted molar refractivity (Wildman–Crippen MR) is 75.3 cm³/mol. The minimum Gasteiger partial charge on any atom is -0.480 e. The maximum absolute atomic E-state index is 11.1. The highest BCUT2D eigenvalue weighted by atomic mass is 16.4. The van der Waals surface area contributed by atoms with Crippen molar-refractivity contribution in [3.63, 3.8) is 0 Å². The van der Waals surface area contributed by atoms with Crippen LogP contribution in [0.5, 0.6) is 0 Å². The fourth-order valence-corrected chi connectivity index (χ4v) is 2.73. The molecule has 0 aromatic rings. The van der Waals surface area contributed by atoms with Crippen molar-refractivity contribution in [1.29, 1.82) is 0 Å². The van der Waals surface area contributed by atoms with Gasteiger partial charge in [-0.15, -0.1) is 0 Å². The number of nitrogens with zero attached hydrogens (tertiary/aromatic N) is 2. The molecule has 110 valence electrons. The summed E-state index contributed by atoms with van der Waals surface area (Å²) in [5.41, 5.74) is 0. The molecule has 2 N–H and O–H groups in total. The number of carboxylic acid groups (broad SMARTS) is 1. The zero-order valence-electron chi connectivity index (χ0n) is 12.0. The molecule has 0 radical (unpaired) electrons. The summed E-state index contributed by atoms with van der Waals surface area (Å²) in [6, 6.07) is -0.394. The predicted octanol–water partition coefficient (Wildman–Crippen LogP) is 0.467. The lowest BCUT2D eigenvalue weighted by Gasteiger charge is -2.35. The van der Waals surface area contributed by atoms with Gasteiger partial charge in [-0.1, -0.05) is 6.92 Å². The number of carbonyl (C=O) groups is 1. The first kappa shape index (κ1) is 14.8. The van der Waals surface area contributed by atoms with Crippen LogP contribution in [-0.2, 0) is 4.79 Å². The molecule has 1 aliphatic carbocycles. The van der Waals surface area contributed by atoms with E-state index in [0.29, 0.717) is 13.0 Å². The Hall–Kier alpha value is -0.650. The highest BCUT2D eigenvalue weighted by Crippen LogP contribution is 2.29. The third-order valence-corrected chi connectivity index (χ3v) is 4.16. The van der Waals surface area contributed by atoms with E-state index in [1.54, 1.807) is 0 Å². The van der Waals surface area contributed by atoms with Crippen molar-refractivity contribution in [2.75, 3.05) is 45.8 Å². The monoisotopic (exact) mass is 269 g/mol. The van der Waals surface area contributed by atoms with Gasteiger partial charge in [0.05, 0.1) is 0 Å². The van der Waals surface area contributed by atoms with Crippen LogP contribution in [0.4, 0.5) is 0 Å². The van der Waals surface area contributed by atoms with Gasteiger partial charge in [0.25, 0.3) is 0 Å². The lowest BCUT2D eigenvalue weighted by atomic mass is 10.2. The molecule has 0 spiro atoms. The highest BCUT2D eigenvalue weighted by molar-refractivity contribution is 5.73. The van der Waals surface area contributed by atoms with Crippen LogP contribution >= 0.6 is 0 Å². The molecule has 0 amide bonds. The van der Waals surface area contributed by atoms with E-state index >= 15 is 0 Å². The van der Waals surface area contributed by atoms with Gasteiger partial charge in [0.1, 0.15) is 6.04 Å². The molecule has 2 aliphatic rings. The SMILES string of the molecule is CCNC(CCN1CCN(CC2CC2)CC1)C(=O)O. The van der Waals surface area contributed by atoms with Crippen molar-refractivity contribution in [3.8, 4) is 0 Å². The second-order valence-electron chi connectivity index (χ2n) is 5.82. The van der Waals surface area contributed by atoms with Gasteiger partial charge in [-0.25, -0.2) is 0 Å². The number of piperazine rings is 1. The van der Waals surface area contributed by atoms with Crippen LogP contribution in [0.15, 0.2) is 0 Å². The summed E-state index contributed by atoms with van der Waals surface area (Å²) in [5, 5.41) is 12.1. The summed E-state index contributed by atoms with van der Waals surface area (Å²) in [7, 11) is 0. The highest BCUT2D eigenvalue weighted by Gasteiger charge is 2.26. The topological polar surface area (TPSA) is 55.8 Å². The quantitative estimate of drug-likeness (QED) is 0.671. The molecule has 2 rings (SSSR count). The van der Waals surface area contributed by atoms with E-state index in [4.69, 9.17) is 5.11 Å². The Balaban J connectivity index is 1.62. The Kier molecular flexibility index (Phi) is 5.60. The molecule has 0 bridgehead atoms. The smallest absolute Gasteiger partial charge is 0.320 e. The molecule has 19 heavy (non-hydrogen) atoms. The molecule has 5 heteroatoms. The zero-order valence-corrected chi connectivity index (χ0v) is 12.0. The Morgan fingerprint density at radius 3 is 2.42 bits per heavy atom. The van der Waals surface area contributed by atoms with Gasteiger partial charge in [0, 0.05) is 39.3 Å². The summed E-state index contributed by atoms with van der Waals surface area (Å²) in [4.78, 5) is 16.0. The molecular formula is C14H27N3O2. The minimum atomic E-state index is -0.728. The van der Waals surface area contributed by atoms with Gasteiger partial charge in [-0.3, -0.25) is 4.79 Å². The van der Waals surface area contributed by atoms with Gasteiger partial charge in [-0.2, -0.15) is 0 Å². The van der Waals surface area contributed by atoms with Crippen LogP contribution in [0.1, 0.15) is 26.2 Å². The second kappa shape index (κ2) is 7.22. The Bertz CT molecular complexity index is 286. The third-order valence-electron chi connectivity index (χ3n) is 4.16. The number of rotatable bonds is 8. The molecule has 2 fully saturated rings. The van der Waals surface area contributed by atoms with Gasteiger partial charge >= 0.3 is 5.97 Å². The first-order chi connectivity index (χ1) is 9.19. The number of hydrogen-bond acceptors (Lipinski definition) is 4. The van der Waals surface area contributed by atoms with Crippen LogP contribution in [-0.4, -0.2) is 72.7 Å². The number of nitrogens with one attached hydrogen (secondary N) is 1. The summed E-state index contributed by atoms with van der Waals surface area (Å²) < 4.78 is 0. The maximum Gasteiger partial charge on any atom is 0.320 e. The summed E-state index contributed by atoms with van der Waals surface area (Å²) >= 11 is 0. The molecule has 1 saturated carbocycles. The average Bonchev–Trinajstić information content (AvgIpc) is 3.20. The molecule has 0 aromatic carbocycles. The number of aliphatic carboxylic acids is 1. The molecule has 1 atom stereocenters. The average molecular weight is 269 g/mol. The second-order valence-corrected chi connectivity index (χ2v) is 5.82. The summed E-state index contributed by atoms with van der Waals surface area (Å²) in [5.74, 6) is 0.242. The Labute approximate surface area is 115 Å². The summed E-state index contributed by atoms with van der Waals surface area (Å²) in [6.45, 7) is 9.31. The number of carboxylic acids is 1. The Morgan fingerprint density at radius 2 is 1.89 bits per heavy atom. The Morgan fingerprint density at radius 1 is 1.26 bits per heavy atom. The van der Waals surface area contributed by atoms with E-state index in [0.717, 1.165) is 38.6 Å². The van der Waals surface area contributed by atoms with Crippen molar-refractivity contribution < 1.29 is 9.90 Å². The van der Waals surface area contributed by atoms with Gasteiger partial charge < -0.3 is 20.2 Å². The van der Waals surface area contributed by atoms with Crippen LogP contribution < -0.4 is 5.32 Å². The van der Waals surface area contributed by atoms with E-state index in [-0.39, 0.29) is 0 Å². The molecule has 5 nitrogen and oxygen atoms in total. The van der Waals surface area contributed by atoms with Crippen molar-refractivity contribution in [1.82, 2.24) is 15.1 Å². The van der Waals surface area contributed by atoms with E-state index in [9.17, 15) is 4.79 Å². The third kappa shape index (κ3) is 5.09. The fraction of sp³-hybridized carbons (Fsp3) is 0.929. The summed E-state index contributed by atoms with van der Waals surface area (Å²) in [6.07, 6.45) is 3.54. The van der Waals surface area contributed by atoms with Crippen LogP contribution in [0, 0.1) is 5.92 Å². The van der Waals surface area contributed by atoms with Crippen LogP contribution in [0.25, 0.3) is 0 Å². The van der Waals surface area contributed by atoms with Gasteiger partial charge in [-0.05, 0) is 31.7 Å². The van der Waals surface area contributed by atoms with E-state index < -0.39 is 12.0 Å². The van der Waals surface area contributed by atoms with Crippen molar-refractivity contribution in [2.45, 2.75) is 32.2 Å². The van der Waals surface area contributed by atoms with Crippen LogP contribution in [0.2, 0.25) is 0 Å². The minimum absolute atomic E-state index is 0.394. The largest absolute Gasteiger partial charge is 0.480 e. The molecule has 1 unspecified atom stereocenters. The van der Waals surface area contributed by atoms with Crippen molar-refractivity contribution in [3.05, 3.63) is 0 Å². The van der Waals surface area contributed by atoms with Crippen LogP contribution in [0.3, 0.4) is 0 Å². The first-order valence-electron chi connectivity index (χ1n) is 7.60. The van der Waals surface area contributed by atoms with Crippen molar-refractivity contribution in [2.24, 2.45) is 5.92 Å². The fourth-order valence-electron chi connectivity index (χ4n) is 2.73.